The van der Waals surface area contributed by atoms with Crippen molar-refractivity contribution in [2.75, 3.05) is 0 Å². The standard InChI is InChI=1S/C18H15N3OS2/c1-12-4-6-13(7-5-12)16-15(20-18-21(16)8-10-24-18)17(22)19-11-14-3-2-9-23-14/h2-10H,11H2,1H3,(H,19,22). The minimum Gasteiger partial charge on any atom is -0.346 e. The summed E-state index contributed by atoms with van der Waals surface area (Å²) in [5.41, 5.74) is 3.50. The van der Waals surface area contributed by atoms with Gasteiger partial charge in [0.25, 0.3) is 5.91 Å². The quantitative estimate of drug-likeness (QED) is 0.592. The van der Waals surface area contributed by atoms with E-state index in [0.29, 0.717) is 12.2 Å². The van der Waals surface area contributed by atoms with Crippen molar-refractivity contribution in [1.29, 1.82) is 0 Å². The Morgan fingerprint density at radius 2 is 2.00 bits per heavy atom. The van der Waals surface area contributed by atoms with Crippen molar-refractivity contribution in [2.45, 2.75) is 13.5 Å². The number of nitrogens with one attached hydrogen (secondary N) is 1. The zero-order valence-corrected chi connectivity index (χ0v) is 14.7. The predicted molar refractivity (Wildman–Crippen MR) is 98.7 cm³/mol. The van der Waals surface area contributed by atoms with Crippen LogP contribution in [0.3, 0.4) is 0 Å². The van der Waals surface area contributed by atoms with Crippen LogP contribution in [0, 0.1) is 6.92 Å². The third-order valence-electron chi connectivity index (χ3n) is 3.81. The lowest BCUT2D eigenvalue weighted by molar-refractivity contribution is 0.0947. The molecule has 0 saturated carbocycles. The number of thiophene rings is 1. The number of carbonyl (C=O) groups is 1. The molecule has 3 aromatic heterocycles. The zero-order chi connectivity index (χ0) is 16.5. The molecule has 24 heavy (non-hydrogen) atoms. The highest BCUT2D eigenvalue weighted by Crippen LogP contribution is 2.28. The number of fused-ring (bicyclic) bond motifs is 1. The van der Waals surface area contributed by atoms with Gasteiger partial charge in [-0.1, -0.05) is 35.9 Å². The number of benzene rings is 1. The summed E-state index contributed by atoms with van der Waals surface area (Å²) >= 11 is 3.16. The number of rotatable bonds is 4. The van der Waals surface area contributed by atoms with E-state index >= 15 is 0 Å². The minimum atomic E-state index is -0.144. The second-order valence-electron chi connectivity index (χ2n) is 5.49. The van der Waals surface area contributed by atoms with Gasteiger partial charge in [0.2, 0.25) is 0 Å². The number of nitrogens with zero attached hydrogens (tertiary/aromatic N) is 2. The van der Waals surface area contributed by atoms with Crippen molar-refractivity contribution in [1.82, 2.24) is 14.7 Å². The van der Waals surface area contributed by atoms with Crippen molar-refractivity contribution in [2.24, 2.45) is 0 Å². The molecular formula is C18H15N3OS2. The van der Waals surface area contributed by atoms with E-state index in [0.717, 1.165) is 21.1 Å². The summed E-state index contributed by atoms with van der Waals surface area (Å²) in [5, 5.41) is 6.96. The number of imidazole rings is 1. The average Bonchev–Trinajstić information content (AvgIpc) is 3.30. The summed E-state index contributed by atoms with van der Waals surface area (Å²) in [5.74, 6) is -0.144. The van der Waals surface area contributed by atoms with Crippen molar-refractivity contribution < 1.29 is 4.79 Å². The van der Waals surface area contributed by atoms with E-state index in [4.69, 9.17) is 0 Å². The van der Waals surface area contributed by atoms with Gasteiger partial charge >= 0.3 is 0 Å². The maximum atomic E-state index is 12.7. The SMILES string of the molecule is Cc1ccc(-c2c(C(=O)NCc3cccs3)nc3sccn23)cc1. The molecule has 0 atom stereocenters. The second kappa shape index (κ2) is 6.22. The fourth-order valence-corrected chi connectivity index (χ4v) is 3.95. The average molecular weight is 353 g/mol. The van der Waals surface area contributed by atoms with Gasteiger partial charge in [0, 0.05) is 22.0 Å². The highest BCUT2D eigenvalue weighted by Gasteiger charge is 2.20. The van der Waals surface area contributed by atoms with Gasteiger partial charge in [-0.25, -0.2) is 4.98 Å². The number of aryl methyl sites for hydroxylation is 1. The highest BCUT2D eigenvalue weighted by molar-refractivity contribution is 7.15. The molecule has 120 valence electrons. The van der Waals surface area contributed by atoms with Crippen LogP contribution in [0.5, 0.6) is 0 Å². The highest BCUT2D eigenvalue weighted by atomic mass is 32.1. The predicted octanol–water partition coefficient (Wildman–Crippen LogP) is 4.36. The van der Waals surface area contributed by atoms with Crippen LogP contribution < -0.4 is 5.32 Å². The fraction of sp³-hybridized carbons (Fsp3) is 0.111. The molecule has 4 nitrogen and oxygen atoms in total. The van der Waals surface area contributed by atoms with Gasteiger partial charge in [-0.05, 0) is 18.4 Å². The van der Waals surface area contributed by atoms with Crippen LogP contribution in [0.25, 0.3) is 16.2 Å². The van der Waals surface area contributed by atoms with E-state index in [-0.39, 0.29) is 5.91 Å². The summed E-state index contributed by atoms with van der Waals surface area (Å²) in [6.07, 6.45) is 1.96. The molecule has 4 aromatic rings. The Balaban J connectivity index is 1.72. The molecule has 0 bridgehead atoms. The van der Waals surface area contributed by atoms with Gasteiger partial charge in [0.15, 0.2) is 10.7 Å². The topological polar surface area (TPSA) is 46.4 Å². The van der Waals surface area contributed by atoms with Gasteiger partial charge in [0.05, 0.1) is 12.2 Å². The maximum absolute atomic E-state index is 12.7. The molecule has 0 radical (unpaired) electrons. The maximum Gasteiger partial charge on any atom is 0.272 e. The molecule has 0 aliphatic carbocycles. The molecule has 1 aromatic carbocycles. The summed E-state index contributed by atoms with van der Waals surface area (Å²) in [6.45, 7) is 2.57. The van der Waals surface area contributed by atoms with Crippen LogP contribution in [0.2, 0.25) is 0 Å². The molecule has 0 spiro atoms. The molecule has 0 unspecified atom stereocenters. The van der Waals surface area contributed by atoms with Crippen molar-refractivity contribution in [3.8, 4) is 11.3 Å². The first-order valence-corrected chi connectivity index (χ1v) is 9.31. The molecule has 1 N–H and O–H groups in total. The van der Waals surface area contributed by atoms with Gasteiger partial charge in [0.1, 0.15) is 0 Å². The normalized spacial score (nSPS) is 11.0. The summed E-state index contributed by atoms with van der Waals surface area (Å²) in [4.78, 5) is 19.2. The van der Waals surface area contributed by atoms with Crippen molar-refractivity contribution in [3.63, 3.8) is 0 Å². The Labute approximate surface area is 147 Å². The lowest BCUT2D eigenvalue weighted by Gasteiger charge is -2.06. The molecule has 0 aliphatic rings. The van der Waals surface area contributed by atoms with Gasteiger partial charge in [-0.3, -0.25) is 9.20 Å². The second-order valence-corrected chi connectivity index (χ2v) is 7.40. The van der Waals surface area contributed by atoms with Gasteiger partial charge in [-0.2, -0.15) is 0 Å². The molecule has 4 rings (SSSR count). The Kier molecular flexibility index (Phi) is 3.92. The van der Waals surface area contributed by atoms with Crippen LogP contribution in [0.15, 0.2) is 53.4 Å². The Hall–Kier alpha value is -2.44. The van der Waals surface area contributed by atoms with Gasteiger partial charge in [-0.15, -0.1) is 22.7 Å². The molecule has 6 heteroatoms. The molecule has 3 heterocycles. The zero-order valence-electron chi connectivity index (χ0n) is 13.0. The number of amides is 1. The number of thiazole rings is 1. The van der Waals surface area contributed by atoms with Crippen LogP contribution in [0.4, 0.5) is 0 Å². The minimum absolute atomic E-state index is 0.144. The first kappa shape index (κ1) is 15.1. The lowest BCUT2D eigenvalue weighted by atomic mass is 10.1. The smallest absolute Gasteiger partial charge is 0.272 e. The molecule has 0 fully saturated rings. The summed E-state index contributed by atoms with van der Waals surface area (Å²) in [7, 11) is 0. The molecule has 0 aliphatic heterocycles. The van der Waals surface area contributed by atoms with Gasteiger partial charge < -0.3 is 5.32 Å². The third-order valence-corrected chi connectivity index (χ3v) is 5.44. The van der Waals surface area contributed by atoms with Crippen LogP contribution >= 0.6 is 22.7 Å². The fourth-order valence-electron chi connectivity index (χ4n) is 2.60. The number of hydrogen-bond acceptors (Lipinski definition) is 4. The Morgan fingerprint density at radius 3 is 2.75 bits per heavy atom. The monoisotopic (exact) mass is 353 g/mol. The number of aromatic nitrogens is 2. The lowest BCUT2D eigenvalue weighted by Crippen LogP contribution is -2.23. The van der Waals surface area contributed by atoms with Crippen LogP contribution in [0.1, 0.15) is 20.9 Å². The molecule has 0 saturated heterocycles. The van der Waals surface area contributed by atoms with E-state index in [9.17, 15) is 4.79 Å². The van der Waals surface area contributed by atoms with Crippen molar-refractivity contribution in [3.05, 3.63) is 69.5 Å². The number of hydrogen-bond donors (Lipinski definition) is 1. The molecular weight excluding hydrogens is 338 g/mol. The van der Waals surface area contributed by atoms with Crippen LogP contribution in [-0.2, 0) is 6.54 Å². The van der Waals surface area contributed by atoms with E-state index in [1.807, 2.05) is 45.6 Å². The Morgan fingerprint density at radius 1 is 1.17 bits per heavy atom. The van der Waals surface area contributed by atoms with E-state index < -0.39 is 0 Å². The number of carbonyl (C=O) groups excluding carboxylic acids is 1. The van der Waals surface area contributed by atoms with E-state index in [1.54, 1.807) is 11.3 Å². The Bertz CT molecular complexity index is 981. The largest absolute Gasteiger partial charge is 0.346 e. The first-order valence-electron chi connectivity index (χ1n) is 7.55. The summed E-state index contributed by atoms with van der Waals surface area (Å²) < 4.78 is 1.98. The first-order chi connectivity index (χ1) is 11.7. The van der Waals surface area contributed by atoms with Crippen molar-refractivity contribution >= 4 is 33.5 Å². The molecule has 1 amide bonds. The van der Waals surface area contributed by atoms with E-state index in [1.165, 1.54) is 16.9 Å². The third kappa shape index (κ3) is 2.74. The summed E-state index contributed by atoms with van der Waals surface area (Å²) in [6, 6.07) is 12.2. The van der Waals surface area contributed by atoms with Crippen LogP contribution in [-0.4, -0.2) is 15.3 Å². The van der Waals surface area contributed by atoms with E-state index in [2.05, 4.69) is 29.4 Å².